The van der Waals surface area contributed by atoms with Gasteiger partial charge in [0.25, 0.3) is 0 Å². The normalized spacial score (nSPS) is 17.9. The molecule has 1 aliphatic rings. The van der Waals surface area contributed by atoms with Gasteiger partial charge in [-0.25, -0.2) is 0 Å². The number of aromatic nitrogens is 2. The van der Waals surface area contributed by atoms with Crippen molar-refractivity contribution in [2.75, 3.05) is 11.1 Å². The van der Waals surface area contributed by atoms with Gasteiger partial charge in [-0.3, -0.25) is 0 Å². The maximum Gasteiger partial charge on any atom is 0.206 e. The van der Waals surface area contributed by atoms with Crippen LogP contribution in [0.1, 0.15) is 46.0 Å². The molecule has 4 nitrogen and oxygen atoms in total. The van der Waals surface area contributed by atoms with E-state index in [1.165, 1.54) is 32.1 Å². The Morgan fingerprint density at radius 3 is 2.72 bits per heavy atom. The smallest absolute Gasteiger partial charge is 0.206 e. The molecular formula is C12H21N3OS2. The maximum atomic E-state index is 9.67. The average Bonchev–Trinajstić information content (AvgIpc) is 2.75. The van der Waals surface area contributed by atoms with E-state index in [9.17, 15) is 5.11 Å². The first-order chi connectivity index (χ1) is 8.53. The molecule has 1 saturated carbocycles. The molecule has 1 heterocycles. The molecule has 0 saturated heterocycles. The summed E-state index contributed by atoms with van der Waals surface area (Å²) in [6.45, 7) is 3.62. The summed E-state index contributed by atoms with van der Waals surface area (Å²) in [6.07, 6.45) is 6.48. The number of aliphatic hydroxyl groups is 1. The molecule has 0 radical (unpaired) electrons. The number of thioether (sulfide) groups is 1. The molecule has 0 atom stereocenters. The van der Waals surface area contributed by atoms with E-state index in [0.717, 1.165) is 9.47 Å². The molecule has 6 heteroatoms. The zero-order valence-electron chi connectivity index (χ0n) is 11.0. The molecule has 1 aromatic heterocycles. The van der Waals surface area contributed by atoms with E-state index in [0.29, 0.717) is 11.8 Å². The van der Waals surface area contributed by atoms with Crippen molar-refractivity contribution in [1.82, 2.24) is 10.2 Å². The van der Waals surface area contributed by atoms with Gasteiger partial charge in [0.15, 0.2) is 4.34 Å². The van der Waals surface area contributed by atoms with Gasteiger partial charge in [-0.05, 0) is 26.7 Å². The third-order valence-corrected chi connectivity index (χ3v) is 5.32. The van der Waals surface area contributed by atoms with E-state index >= 15 is 0 Å². The maximum absolute atomic E-state index is 9.67. The molecule has 2 N–H and O–H groups in total. The monoisotopic (exact) mass is 287 g/mol. The van der Waals surface area contributed by atoms with Crippen molar-refractivity contribution in [2.45, 2.75) is 61.9 Å². The Morgan fingerprint density at radius 1 is 1.33 bits per heavy atom. The summed E-state index contributed by atoms with van der Waals surface area (Å²) < 4.78 is 0.926. The Bertz CT molecular complexity index is 370. The van der Waals surface area contributed by atoms with Gasteiger partial charge in [0.05, 0.1) is 5.60 Å². The van der Waals surface area contributed by atoms with Gasteiger partial charge in [0.1, 0.15) is 0 Å². The summed E-state index contributed by atoms with van der Waals surface area (Å²) in [6, 6.07) is 0.568. The third-order valence-electron chi connectivity index (χ3n) is 2.89. The van der Waals surface area contributed by atoms with Gasteiger partial charge in [0, 0.05) is 11.8 Å². The quantitative estimate of drug-likeness (QED) is 0.815. The van der Waals surface area contributed by atoms with Crippen LogP contribution in [0.2, 0.25) is 0 Å². The van der Waals surface area contributed by atoms with Crippen LogP contribution in [-0.4, -0.2) is 32.7 Å². The molecule has 0 spiro atoms. The standard InChI is InChI=1S/C12H21N3OS2/c1-12(2,16)8-17-11-15-14-10(18-11)13-9-6-4-3-5-7-9/h9,16H,3-8H2,1-2H3,(H,13,14). The van der Waals surface area contributed by atoms with Crippen molar-refractivity contribution in [2.24, 2.45) is 0 Å². The lowest BCUT2D eigenvalue weighted by Crippen LogP contribution is -2.22. The number of anilines is 1. The van der Waals surface area contributed by atoms with E-state index in [2.05, 4.69) is 15.5 Å². The predicted molar refractivity (Wildman–Crippen MR) is 77.4 cm³/mol. The fourth-order valence-corrected chi connectivity index (χ4v) is 3.77. The number of hydrogen-bond acceptors (Lipinski definition) is 6. The van der Waals surface area contributed by atoms with Crippen LogP contribution in [0, 0.1) is 0 Å². The van der Waals surface area contributed by atoms with Crippen molar-refractivity contribution in [3.63, 3.8) is 0 Å². The minimum Gasteiger partial charge on any atom is -0.390 e. The second-order valence-electron chi connectivity index (χ2n) is 5.45. The van der Waals surface area contributed by atoms with Crippen LogP contribution in [0.5, 0.6) is 0 Å². The van der Waals surface area contributed by atoms with Crippen molar-refractivity contribution in [3.8, 4) is 0 Å². The van der Waals surface area contributed by atoms with Crippen molar-refractivity contribution < 1.29 is 5.11 Å². The zero-order chi connectivity index (χ0) is 13.0. The van der Waals surface area contributed by atoms with E-state index in [4.69, 9.17) is 0 Å². The van der Waals surface area contributed by atoms with E-state index < -0.39 is 5.60 Å². The minimum absolute atomic E-state index is 0.568. The lowest BCUT2D eigenvalue weighted by Gasteiger charge is -2.21. The molecule has 0 aliphatic heterocycles. The number of nitrogens with one attached hydrogen (secondary N) is 1. The Hall–Kier alpha value is -0.330. The van der Waals surface area contributed by atoms with Gasteiger partial charge >= 0.3 is 0 Å². The highest BCUT2D eigenvalue weighted by Gasteiger charge is 2.17. The van der Waals surface area contributed by atoms with E-state index in [1.807, 2.05) is 13.8 Å². The van der Waals surface area contributed by atoms with E-state index in [1.54, 1.807) is 23.1 Å². The van der Waals surface area contributed by atoms with Gasteiger partial charge < -0.3 is 10.4 Å². The highest BCUT2D eigenvalue weighted by molar-refractivity contribution is 8.01. The Labute approximate surface area is 117 Å². The summed E-state index contributed by atoms with van der Waals surface area (Å²) >= 11 is 3.15. The van der Waals surface area contributed by atoms with Gasteiger partial charge in [-0.2, -0.15) is 0 Å². The number of rotatable bonds is 5. The summed E-state index contributed by atoms with van der Waals surface area (Å²) in [5, 5.41) is 22.4. The van der Waals surface area contributed by atoms with Gasteiger partial charge in [0.2, 0.25) is 5.13 Å². The SMILES string of the molecule is CC(C)(O)CSc1nnc(NC2CCCCC2)s1. The lowest BCUT2D eigenvalue weighted by atomic mass is 9.96. The minimum atomic E-state index is -0.659. The fraction of sp³-hybridized carbons (Fsp3) is 0.833. The van der Waals surface area contributed by atoms with Crippen LogP contribution in [0.15, 0.2) is 4.34 Å². The molecule has 1 aliphatic carbocycles. The largest absolute Gasteiger partial charge is 0.390 e. The molecule has 0 unspecified atom stereocenters. The second kappa shape index (κ2) is 6.21. The first kappa shape index (κ1) is 14.1. The molecule has 102 valence electrons. The average molecular weight is 287 g/mol. The fourth-order valence-electron chi connectivity index (χ4n) is 1.99. The molecular weight excluding hydrogens is 266 g/mol. The second-order valence-corrected chi connectivity index (χ2v) is 7.65. The van der Waals surface area contributed by atoms with Crippen LogP contribution in [0.3, 0.4) is 0 Å². The number of hydrogen-bond donors (Lipinski definition) is 2. The summed E-state index contributed by atoms with van der Waals surface area (Å²) in [4.78, 5) is 0. The molecule has 0 amide bonds. The highest BCUT2D eigenvalue weighted by Crippen LogP contribution is 2.29. The Balaban J connectivity index is 1.82. The highest BCUT2D eigenvalue weighted by atomic mass is 32.2. The summed E-state index contributed by atoms with van der Waals surface area (Å²) in [5.41, 5.74) is -0.659. The van der Waals surface area contributed by atoms with Crippen molar-refractivity contribution in [1.29, 1.82) is 0 Å². The van der Waals surface area contributed by atoms with Crippen molar-refractivity contribution >= 4 is 28.2 Å². The predicted octanol–water partition coefficient (Wildman–Crippen LogP) is 3.15. The first-order valence-corrected chi connectivity index (χ1v) is 8.28. The van der Waals surface area contributed by atoms with Crippen LogP contribution in [0.25, 0.3) is 0 Å². The lowest BCUT2D eigenvalue weighted by molar-refractivity contribution is 0.107. The van der Waals surface area contributed by atoms with Crippen molar-refractivity contribution in [3.05, 3.63) is 0 Å². The summed E-state index contributed by atoms with van der Waals surface area (Å²) in [7, 11) is 0. The van der Waals surface area contributed by atoms with Crippen LogP contribution < -0.4 is 5.32 Å². The van der Waals surface area contributed by atoms with Crippen LogP contribution in [0.4, 0.5) is 5.13 Å². The first-order valence-electron chi connectivity index (χ1n) is 6.48. The molecule has 2 rings (SSSR count). The topological polar surface area (TPSA) is 58.0 Å². The molecule has 0 bridgehead atoms. The van der Waals surface area contributed by atoms with Gasteiger partial charge in [-0.1, -0.05) is 42.4 Å². The Kier molecular flexibility index (Phi) is 4.86. The van der Waals surface area contributed by atoms with Crippen LogP contribution >= 0.6 is 23.1 Å². The van der Waals surface area contributed by atoms with Gasteiger partial charge in [-0.15, -0.1) is 10.2 Å². The molecule has 1 fully saturated rings. The molecule has 1 aromatic rings. The molecule has 0 aromatic carbocycles. The zero-order valence-corrected chi connectivity index (χ0v) is 12.6. The summed E-state index contributed by atoms with van der Waals surface area (Å²) in [5.74, 6) is 0.644. The number of nitrogens with zero attached hydrogens (tertiary/aromatic N) is 2. The van der Waals surface area contributed by atoms with Crippen LogP contribution in [-0.2, 0) is 0 Å². The third kappa shape index (κ3) is 4.74. The van der Waals surface area contributed by atoms with E-state index in [-0.39, 0.29) is 0 Å². The molecule has 18 heavy (non-hydrogen) atoms. The Morgan fingerprint density at radius 2 is 2.06 bits per heavy atom.